The van der Waals surface area contributed by atoms with Crippen LogP contribution in [0.3, 0.4) is 0 Å². The minimum atomic E-state index is -0.467. The van der Waals surface area contributed by atoms with Crippen molar-refractivity contribution in [3.05, 3.63) is 72.3 Å². The molecule has 0 aliphatic heterocycles. The molecule has 3 heteroatoms. The van der Waals surface area contributed by atoms with Gasteiger partial charge in [0.25, 0.3) is 0 Å². The standard InChI is InChI=1S/C19H20O3/c1-14(2)19(20)22-18(13-21-3)17-12-8-7-11-16(17)15-9-5-4-6-10-15/h4-12,18H,1,13H2,2-3H3. The zero-order valence-electron chi connectivity index (χ0n) is 12.9. The summed E-state index contributed by atoms with van der Waals surface area (Å²) in [5.74, 6) is -0.412. The van der Waals surface area contributed by atoms with Crippen LogP contribution in [0.15, 0.2) is 66.7 Å². The van der Waals surface area contributed by atoms with Crippen molar-refractivity contribution in [1.82, 2.24) is 0 Å². The van der Waals surface area contributed by atoms with E-state index in [4.69, 9.17) is 9.47 Å². The molecule has 0 aliphatic rings. The highest BCUT2D eigenvalue weighted by Crippen LogP contribution is 2.30. The molecule has 114 valence electrons. The van der Waals surface area contributed by atoms with E-state index in [-0.39, 0.29) is 0 Å². The van der Waals surface area contributed by atoms with Gasteiger partial charge in [0.1, 0.15) is 0 Å². The molecule has 0 bridgehead atoms. The second-order valence-electron chi connectivity index (χ2n) is 5.08. The molecule has 0 radical (unpaired) electrons. The van der Waals surface area contributed by atoms with Gasteiger partial charge >= 0.3 is 5.97 Å². The van der Waals surface area contributed by atoms with Crippen LogP contribution >= 0.6 is 0 Å². The van der Waals surface area contributed by atoms with E-state index in [2.05, 4.69) is 6.58 Å². The molecule has 0 heterocycles. The topological polar surface area (TPSA) is 35.5 Å². The van der Waals surface area contributed by atoms with E-state index in [1.165, 1.54) is 0 Å². The van der Waals surface area contributed by atoms with Crippen molar-refractivity contribution in [2.24, 2.45) is 0 Å². The summed E-state index contributed by atoms with van der Waals surface area (Å²) in [6, 6.07) is 17.9. The van der Waals surface area contributed by atoms with Crippen molar-refractivity contribution in [1.29, 1.82) is 0 Å². The fraction of sp³-hybridized carbons (Fsp3) is 0.211. The van der Waals surface area contributed by atoms with Crippen LogP contribution in [0.4, 0.5) is 0 Å². The molecule has 0 spiro atoms. The number of benzene rings is 2. The normalized spacial score (nSPS) is 11.7. The number of hydrogen-bond donors (Lipinski definition) is 0. The molecule has 0 aromatic heterocycles. The maximum atomic E-state index is 11.9. The second-order valence-corrected chi connectivity index (χ2v) is 5.08. The van der Waals surface area contributed by atoms with Crippen molar-refractivity contribution >= 4 is 5.97 Å². The van der Waals surface area contributed by atoms with Crippen LogP contribution in [0.2, 0.25) is 0 Å². The Labute approximate surface area is 131 Å². The molecule has 0 N–H and O–H groups in total. The monoisotopic (exact) mass is 296 g/mol. The average Bonchev–Trinajstić information content (AvgIpc) is 2.55. The van der Waals surface area contributed by atoms with Crippen molar-refractivity contribution in [3.8, 4) is 11.1 Å². The van der Waals surface area contributed by atoms with Gasteiger partial charge < -0.3 is 9.47 Å². The lowest BCUT2D eigenvalue weighted by Crippen LogP contribution is -2.17. The Kier molecular flexibility index (Phi) is 5.50. The molecule has 0 aliphatic carbocycles. The summed E-state index contributed by atoms with van der Waals surface area (Å²) in [6.07, 6.45) is -0.467. The molecule has 2 aromatic carbocycles. The number of esters is 1. The third-order valence-corrected chi connectivity index (χ3v) is 3.31. The molecule has 22 heavy (non-hydrogen) atoms. The van der Waals surface area contributed by atoms with Crippen LogP contribution in [0.1, 0.15) is 18.6 Å². The fourth-order valence-electron chi connectivity index (χ4n) is 2.23. The van der Waals surface area contributed by atoms with Crippen LogP contribution in [0, 0.1) is 0 Å². The maximum Gasteiger partial charge on any atom is 0.333 e. The van der Waals surface area contributed by atoms with Gasteiger partial charge in [-0.2, -0.15) is 0 Å². The zero-order valence-corrected chi connectivity index (χ0v) is 12.9. The number of carbonyl (C=O) groups excluding carboxylic acids is 1. The Balaban J connectivity index is 2.40. The van der Waals surface area contributed by atoms with Crippen LogP contribution in [-0.4, -0.2) is 19.7 Å². The predicted molar refractivity (Wildman–Crippen MR) is 87.4 cm³/mol. The van der Waals surface area contributed by atoms with Crippen molar-refractivity contribution in [2.75, 3.05) is 13.7 Å². The largest absolute Gasteiger partial charge is 0.452 e. The molecule has 0 amide bonds. The molecule has 3 nitrogen and oxygen atoms in total. The first kappa shape index (κ1) is 16.0. The summed E-state index contributed by atoms with van der Waals surface area (Å²) >= 11 is 0. The Morgan fingerprint density at radius 1 is 1.09 bits per heavy atom. The van der Waals surface area contributed by atoms with Gasteiger partial charge in [-0.1, -0.05) is 61.2 Å². The van der Waals surface area contributed by atoms with Crippen molar-refractivity contribution < 1.29 is 14.3 Å². The number of methoxy groups -OCH3 is 1. The number of rotatable bonds is 6. The number of carbonyl (C=O) groups is 1. The SMILES string of the molecule is C=C(C)C(=O)OC(COC)c1ccccc1-c1ccccc1. The maximum absolute atomic E-state index is 11.9. The third-order valence-electron chi connectivity index (χ3n) is 3.31. The quantitative estimate of drug-likeness (QED) is 0.593. The first-order valence-corrected chi connectivity index (χ1v) is 7.13. The zero-order chi connectivity index (χ0) is 15.9. The first-order valence-electron chi connectivity index (χ1n) is 7.13. The molecule has 0 fully saturated rings. The summed E-state index contributed by atoms with van der Waals surface area (Å²) in [5.41, 5.74) is 3.40. The van der Waals surface area contributed by atoms with E-state index in [1.807, 2.05) is 54.6 Å². The van der Waals surface area contributed by atoms with Crippen molar-refractivity contribution in [3.63, 3.8) is 0 Å². The molecule has 2 rings (SSSR count). The van der Waals surface area contributed by atoms with E-state index in [9.17, 15) is 4.79 Å². The van der Waals surface area contributed by atoms with E-state index >= 15 is 0 Å². The lowest BCUT2D eigenvalue weighted by molar-refractivity contribution is -0.147. The molecule has 1 atom stereocenters. The fourth-order valence-corrected chi connectivity index (χ4v) is 2.23. The van der Waals surface area contributed by atoms with Gasteiger partial charge in [0.15, 0.2) is 6.10 Å². The van der Waals surface area contributed by atoms with Crippen LogP contribution in [0.5, 0.6) is 0 Å². The minimum Gasteiger partial charge on any atom is -0.452 e. The number of ether oxygens (including phenoxy) is 2. The van der Waals surface area contributed by atoms with E-state index in [1.54, 1.807) is 14.0 Å². The highest BCUT2D eigenvalue weighted by molar-refractivity contribution is 5.87. The van der Waals surface area contributed by atoms with Crippen LogP contribution in [-0.2, 0) is 14.3 Å². The van der Waals surface area contributed by atoms with Gasteiger partial charge in [-0.3, -0.25) is 0 Å². The molecule has 1 unspecified atom stereocenters. The van der Waals surface area contributed by atoms with Crippen LogP contribution in [0.25, 0.3) is 11.1 Å². The Morgan fingerprint density at radius 3 is 2.36 bits per heavy atom. The van der Waals surface area contributed by atoms with Gasteiger partial charge in [0.2, 0.25) is 0 Å². The lowest BCUT2D eigenvalue weighted by atomic mass is 9.96. The van der Waals surface area contributed by atoms with Crippen molar-refractivity contribution in [2.45, 2.75) is 13.0 Å². The third kappa shape index (κ3) is 3.83. The smallest absolute Gasteiger partial charge is 0.333 e. The second kappa shape index (κ2) is 7.57. The Bertz CT molecular complexity index is 647. The van der Waals surface area contributed by atoms with E-state index in [0.717, 1.165) is 16.7 Å². The average molecular weight is 296 g/mol. The number of hydrogen-bond acceptors (Lipinski definition) is 3. The van der Waals surface area contributed by atoms with Gasteiger partial charge in [-0.15, -0.1) is 0 Å². The summed E-state index contributed by atoms with van der Waals surface area (Å²) in [6.45, 7) is 5.56. The predicted octanol–water partition coefficient (Wildman–Crippen LogP) is 4.16. The minimum absolute atomic E-state index is 0.295. The highest BCUT2D eigenvalue weighted by Gasteiger charge is 2.20. The molecular formula is C19H20O3. The summed E-state index contributed by atoms with van der Waals surface area (Å²) < 4.78 is 10.8. The molecule has 0 saturated carbocycles. The summed E-state index contributed by atoms with van der Waals surface area (Å²) in [7, 11) is 1.59. The lowest BCUT2D eigenvalue weighted by Gasteiger charge is -2.20. The first-order chi connectivity index (χ1) is 10.6. The van der Waals surface area contributed by atoms with Gasteiger partial charge in [-0.05, 0) is 18.1 Å². The summed E-state index contributed by atoms with van der Waals surface area (Å²) in [5, 5.41) is 0. The molecule has 2 aromatic rings. The molecular weight excluding hydrogens is 276 g/mol. The van der Waals surface area contributed by atoms with Gasteiger partial charge in [0.05, 0.1) is 6.61 Å². The van der Waals surface area contributed by atoms with Crippen LogP contribution < -0.4 is 0 Å². The molecule has 0 saturated heterocycles. The van der Waals surface area contributed by atoms with Gasteiger partial charge in [0, 0.05) is 18.2 Å². The van der Waals surface area contributed by atoms with E-state index in [0.29, 0.717) is 12.2 Å². The Morgan fingerprint density at radius 2 is 1.73 bits per heavy atom. The highest BCUT2D eigenvalue weighted by atomic mass is 16.6. The van der Waals surface area contributed by atoms with E-state index < -0.39 is 12.1 Å². The van der Waals surface area contributed by atoms with Gasteiger partial charge in [-0.25, -0.2) is 4.79 Å². The Hall–Kier alpha value is -2.39. The summed E-state index contributed by atoms with van der Waals surface area (Å²) in [4.78, 5) is 11.9.